The van der Waals surface area contributed by atoms with Crippen LogP contribution in [0.5, 0.6) is 5.75 Å². The number of hydrogen-bond donors (Lipinski definition) is 1. The van der Waals surface area contributed by atoms with Crippen LogP contribution in [0.4, 0.5) is 18.9 Å². The maximum Gasteiger partial charge on any atom is 0.451 e. The molecule has 0 aliphatic rings. The molecule has 134 valence electrons. The van der Waals surface area contributed by atoms with Gasteiger partial charge in [-0.3, -0.25) is 9.59 Å². The topological polar surface area (TPSA) is 105 Å². The number of methoxy groups -OCH3 is 1. The summed E-state index contributed by atoms with van der Waals surface area (Å²) in [6.07, 6.45) is -3.51. The fourth-order valence-electron chi connectivity index (χ4n) is 1.92. The highest BCUT2D eigenvalue weighted by Gasteiger charge is 2.35. The predicted octanol–water partition coefficient (Wildman–Crippen LogP) is 2.47. The van der Waals surface area contributed by atoms with Crippen LogP contribution in [0.3, 0.4) is 0 Å². The summed E-state index contributed by atoms with van der Waals surface area (Å²) in [5.74, 6) is -4.71. The van der Waals surface area contributed by atoms with E-state index in [1.165, 1.54) is 25.3 Å². The number of halogens is 3. The Balaban J connectivity index is 2.17. The fourth-order valence-corrected chi connectivity index (χ4v) is 1.92. The number of aromatic nitrogens is 2. The molecule has 1 aromatic heterocycles. The van der Waals surface area contributed by atoms with Crippen LogP contribution in [-0.4, -0.2) is 28.8 Å². The van der Waals surface area contributed by atoms with Crippen molar-refractivity contribution in [2.75, 3.05) is 12.4 Å². The SMILES string of the molecule is COc1cccc(NC(=O)[C@@H](C#N)C(=O)c2cnc(C(F)(F)F)nc2)c1. The Morgan fingerprint density at radius 2 is 1.92 bits per heavy atom. The Hall–Kier alpha value is -3.48. The second kappa shape index (κ2) is 7.60. The average Bonchev–Trinajstić information content (AvgIpc) is 2.61. The van der Waals surface area contributed by atoms with Gasteiger partial charge in [0.2, 0.25) is 11.7 Å². The van der Waals surface area contributed by atoms with E-state index in [0.29, 0.717) is 18.1 Å². The Labute approximate surface area is 145 Å². The third kappa shape index (κ3) is 4.32. The Kier molecular flexibility index (Phi) is 5.51. The summed E-state index contributed by atoms with van der Waals surface area (Å²) in [6.45, 7) is 0. The molecule has 26 heavy (non-hydrogen) atoms. The van der Waals surface area contributed by atoms with E-state index in [4.69, 9.17) is 10.00 Å². The molecule has 0 aliphatic heterocycles. The number of carbonyl (C=O) groups excluding carboxylic acids is 2. The molecular formula is C16H11F3N4O3. The summed E-state index contributed by atoms with van der Waals surface area (Å²) in [5, 5.41) is 11.5. The van der Waals surface area contributed by atoms with E-state index in [2.05, 4.69) is 15.3 Å². The summed E-state index contributed by atoms with van der Waals surface area (Å²) in [7, 11) is 1.42. The molecule has 7 nitrogen and oxygen atoms in total. The molecule has 1 N–H and O–H groups in total. The van der Waals surface area contributed by atoms with Crippen LogP contribution in [0, 0.1) is 17.2 Å². The molecule has 1 atom stereocenters. The summed E-state index contributed by atoms with van der Waals surface area (Å²) < 4.78 is 42.3. The molecule has 0 unspecified atom stereocenters. The zero-order chi connectivity index (χ0) is 19.3. The molecule has 0 fully saturated rings. The minimum atomic E-state index is -4.76. The van der Waals surface area contributed by atoms with Gasteiger partial charge < -0.3 is 10.1 Å². The van der Waals surface area contributed by atoms with Crippen LogP contribution < -0.4 is 10.1 Å². The number of rotatable bonds is 5. The highest BCUT2D eigenvalue weighted by Crippen LogP contribution is 2.25. The normalized spacial score (nSPS) is 12.0. The highest BCUT2D eigenvalue weighted by molar-refractivity contribution is 6.15. The Morgan fingerprint density at radius 1 is 1.27 bits per heavy atom. The quantitative estimate of drug-likeness (QED) is 0.645. The fraction of sp³-hybridized carbons (Fsp3) is 0.188. The van der Waals surface area contributed by atoms with E-state index >= 15 is 0 Å². The van der Waals surface area contributed by atoms with Gasteiger partial charge in [-0.15, -0.1) is 0 Å². The minimum absolute atomic E-state index is 0.283. The first-order valence-electron chi connectivity index (χ1n) is 7.04. The van der Waals surface area contributed by atoms with Crippen molar-refractivity contribution in [3.8, 4) is 11.8 Å². The number of amides is 1. The third-order valence-corrected chi connectivity index (χ3v) is 3.18. The number of nitriles is 1. The third-order valence-electron chi connectivity index (χ3n) is 3.18. The largest absolute Gasteiger partial charge is 0.497 e. The smallest absolute Gasteiger partial charge is 0.451 e. The molecule has 2 aromatic rings. The van der Waals surface area contributed by atoms with Gasteiger partial charge in [-0.2, -0.15) is 18.4 Å². The minimum Gasteiger partial charge on any atom is -0.497 e. The van der Waals surface area contributed by atoms with Crippen molar-refractivity contribution in [1.82, 2.24) is 9.97 Å². The van der Waals surface area contributed by atoms with Crippen molar-refractivity contribution >= 4 is 17.4 Å². The molecular weight excluding hydrogens is 353 g/mol. The van der Waals surface area contributed by atoms with Crippen molar-refractivity contribution in [1.29, 1.82) is 5.26 Å². The number of carbonyl (C=O) groups is 2. The number of alkyl halides is 3. The van der Waals surface area contributed by atoms with Crippen LogP contribution in [0.2, 0.25) is 0 Å². The lowest BCUT2D eigenvalue weighted by molar-refractivity contribution is -0.145. The lowest BCUT2D eigenvalue weighted by Gasteiger charge is -2.11. The van der Waals surface area contributed by atoms with Gasteiger partial charge in [0.15, 0.2) is 11.7 Å². The van der Waals surface area contributed by atoms with Crippen molar-refractivity contribution < 1.29 is 27.5 Å². The molecule has 0 aliphatic carbocycles. The second-order valence-electron chi connectivity index (χ2n) is 4.94. The monoisotopic (exact) mass is 364 g/mol. The maximum atomic E-state index is 12.4. The van der Waals surface area contributed by atoms with E-state index in [-0.39, 0.29) is 11.3 Å². The van der Waals surface area contributed by atoms with Gasteiger partial charge in [-0.05, 0) is 12.1 Å². The van der Waals surface area contributed by atoms with Crippen molar-refractivity contribution in [2.45, 2.75) is 6.18 Å². The lowest BCUT2D eigenvalue weighted by Crippen LogP contribution is -2.29. The predicted molar refractivity (Wildman–Crippen MR) is 82.1 cm³/mol. The molecule has 0 radical (unpaired) electrons. The van der Waals surface area contributed by atoms with Crippen LogP contribution in [0.25, 0.3) is 0 Å². The van der Waals surface area contributed by atoms with Crippen molar-refractivity contribution in [3.63, 3.8) is 0 Å². The summed E-state index contributed by atoms with van der Waals surface area (Å²) in [6, 6.07) is 7.72. The number of nitrogens with one attached hydrogen (secondary N) is 1. The van der Waals surface area contributed by atoms with Crippen LogP contribution in [0.15, 0.2) is 36.7 Å². The summed E-state index contributed by atoms with van der Waals surface area (Å²) in [5.41, 5.74) is -0.101. The van der Waals surface area contributed by atoms with Crippen molar-refractivity contribution in [3.05, 3.63) is 48.0 Å². The van der Waals surface area contributed by atoms with Crippen LogP contribution in [-0.2, 0) is 11.0 Å². The number of ether oxygens (including phenoxy) is 1. The van der Waals surface area contributed by atoms with E-state index in [1.807, 2.05) is 0 Å². The van der Waals surface area contributed by atoms with E-state index in [1.54, 1.807) is 12.1 Å². The number of Topliss-reactive ketones (excluding diaryl/α,β-unsaturated/α-hetero) is 1. The summed E-state index contributed by atoms with van der Waals surface area (Å²) >= 11 is 0. The number of anilines is 1. The number of nitrogens with zero attached hydrogens (tertiary/aromatic N) is 3. The molecule has 2 rings (SSSR count). The van der Waals surface area contributed by atoms with E-state index in [9.17, 15) is 22.8 Å². The maximum absolute atomic E-state index is 12.4. The van der Waals surface area contributed by atoms with Gasteiger partial charge in [0, 0.05) is 24.1 Å². The summed E-state index contributed by atoms with van der Waals surface area (Å²) in [4.78, 5) is 30.5. The molecule has 0 bridgehead atoms. The van der Waals surface area contributed by atoms with Gasteiger partial charge in [-0.25, -0.2) is 9.97 Å². The molecule has 1 heterocycles. The number of hydrogen-bond acceptors (Lipinski definition) is 6. The molecule has 1 amide bonds. The zero-order valence-corrected chi connectivity index (χ0v) is 13.2. The highest BCUT2D eigenvalue weighted by atomic mass is 19.4. The standard InChI is InChI=1S/C16H11F3N4O3/c1-26-11-4-2-3-10(5-11)23-14(25)12(6-20)13(24)9-7-21-15(22-8-9)16(17,18)19/h2-5,7-8,12H,1H3,(H,23,25)/t12-/m0/s1. The first-order valence-corrected chi connectivity index (χ1v) is 7.04. The van der Waals surface area contributed by atoms with E-state index < -0.39 is 29.6 Å². The first kappa shape index (κ1) is 18.9. The second-order valence-corrected chi connectivity index (χ2v) is 4.94. The van der Waals surface area contributed by atoms with Crippen LogP contribution in [0.1, 0.15) is 16.2 Å². The molecule has 0 saturated carbocycles. The Morgan fingerprint density at radius 3 is 2.46 bits per heavy atom. The van der Waals surface area contributed by atoms with E-state index in [0.717, 1.165) is 0 Å². The molecule has 1 aromatic carbocycles. The lowest BCUT2D eigenvalue weighted by atomic mass is 10.00. The molecule has 0 spiro atoms. The first-order chi connectivity index (χ1) is 12.3. The Bertz CT molecular complexity index is 860. The zero-order valence-electron chi connectivity index (χ0n) is 13.2. The van der Waals surface area contributed by atoms with Gasteiger partial charge in [-0.1, -0.05) is 6.07 Å². The van der Waals surface area contributed by atoms with Gasteiger partial charge in [0.05, 0.1) is 18.7 Å². The molecule has 0 saturated heterocycles. The number of benzene rings is 1. The van der Waals surface area contributed by atoms with Gasteiger partial charge in [0.1, 0.15) is 5.75 Å². The molecule has 10 heteroatoms. The number of ketones is 1. The van der Waals surface area contributed by atoms with Gasteiger partial charge in [0.25, 0.3) is 0 Å². The van der Waals surface area contributed by atoms with Gasteiger partial charge >= 0.3 is 6.18 Å². The van der Waals surface area contributed by atoms with Crippen LogP contribution >= 0.6 is 0 Å². The average molecular weight is 364 g/mol. The van der Waals surface area contributed by atoms with Crippen molar-refractivity contribution in [2.24, 2.45) is 5.92 Å².